The van der Waals surface area contributed by atoms with E-state index >= 15 is 0 Å². The molecule has 2 aliphatic heterocycles. The summed E-state index contributed by atoms with van der Waals surface area (Å²) >= 11 is 1.75. The molecule has 2 heterocycles. The second-order valence-corrected chi connectivity index (χ2v) is 8.32. The van der Waals surface area contributed by atoms with Gasteiger partial charge < -0.3 is 19.9 Å². The molecule has 148 valence electrons. The number of thioether (sulfide) groups is 1. The van der Waals surface area contributed by atoms with Crippen molar-refractivity contribution in [2.45, 2.75) is 11.3 Å². The van der Waals surface area contributed by atoms with Gasteiger partial charge in [-0.2, -0.15) is 0 Å². The molecule has 1 aromatic rings. The Kier molecular flexibility index (Phi) is 7.55. The van der Waals surface area contributed by atoms with Crippen LogP contribution in [-0.2, 0) is 14.3 Å². The molecule has 2 atom stereocenters. The highest BCUT2D eigenvalue weighted by atomic mass is 32.2. The summed E-state index contributed by atoms with van der Waals surface area (Å²) in [6, 6.07) is 10.2. The number of nitrogens with one attached hydrogen (secondary N) is 1. The Bertz CT molecular complexity index is 622. The van der Waals surface area contributed by atoms with E-state index in [9.17, 15) is 9.59 Å². The smallest absolute Gasteiger partial charge is 0.227 e. The molecule has 0 aromatic heterocycles. The molecule has 1 N–H and O–H groups in total. The Morgan fingerprint density at radius 1 is 1.19 bits per heavy atom. The third kappa shape index (κ3) is 5.70. The van der Waals surface area contributed by atoms with Gasteiger partial charge in [0.15, 0.2) is 0 Å². The van der Waals surface area contributed by atoms with Crippen molar-refractivity contribution in [3.63, 3.8) is 0 Å². The fourth-order valence-electron chi connectivity index (χ4n) is 3.60. The third-order valence-corrected chi connectivity index (χ3v) is 6.18. The van der Waals surface area contributed by atoms with Crippen LogP contribution in [0.25, 0.3) is 0 Å². The van der Waals surface area contributed by atoms with Gasteiger partial charge in [-0.3, -0.25) is 9.59 Å². The number of benzene rings is 1. The lowest BCUT2D eigenvalue weighted by atomic mass is 9.88. The first-order valence-electron chi connectivity index (χ1n) is 9.65. The molecule has 2 saturated heterocycles. The van der Waals surface area contributed by atoms with Gasteiger partial charge in [-0.05, 0) is 18.6 Å². The van der Waals surface area contributed by atoms with Crippen molar-refractivity contribution < 1.29 is 14.3 Å². The summed E-state index contributed by atoms with van der Waals surface area (Å²) in [5.74, 6) is 0.919. The number of carbonyl (C=O) groups excluding carboxylic acids is 2. The molecule has 0 spiro atoms. The first kappa shape index (κ1) is 20.2. The second kappa shape index (κ2) is 10.1. The summed E-state index contributed by atoms with van der Waals surface area (Å²) < 4.78 is 5.33. The van der Waals surface area contributed by atoms with Gasteiger partial charge in [0.05, 0.1) is 25.0 Å². The molecule has 7 heteroatoms. The van der Waals surface area contributed by atoms with Crippen molar-refractivity contribution in [2.75, 3.05) is 58.7 Å². The van der Waals surface area contributed by atoms with Gasteiger partial charge >= 0.3 is 0 Å². The molecule has 2 fully saturated rings. The molecule has 1 aromatic carbocycles. The number of hydrogen-bond acceptors (Lipinski definition) is 5. The molecular formula is C20H29N3O3S. The third-order valence-electron chi connectivity index (χ3n) is 5.19. The van der Waals surface area contributed by atoms with E-state index in [0.717, 1.165) is 5.75 Å². The minimum Gasteiger partial charge on any atom is -0.378 e. The van der Waals surface area contributed by atoms with E-state index in [2.05, 4.69) is 17.4 Å². The van der Waals surface area contributed by atoms with E-state index in [4.69, 9.17) is 4.74 Å². The molecule has 27 heavy (non-hydrogen) atoms. The van der Waals surface area contributed by atoms with Crippen LogP contribution in [0.3, 0.4) is 0 Å². The number of ether oxygens (including phenoxy) is 1. The Morgan fingerprint density at radius 3 is 2.63 bits per heavy atom. The number of carbonyl (C=O) groups is 2. The Morgan fingerprint density at radius 2 is 1.89 bits per heavy atom. The van der Waals surface area contributed by atoms with Crippen molar-refractivity contribution in [3.8, 4) is 0 Å². The molecular weight excluding hydrogens is 362 g/mol. The monoisotopic (exact) mass is 391 g/mol. The van der Waals surface area contributed by atoms with E-state index in [1.807, 2.05) is 35.0 Å². The molecule has 2 aliphatic rings. The minimum absolute atomic E-state index is 0.113. The predicted octanol–water partition coefficient (Wildman–Crippen LogP) is 1.32. The number of piperidine rings is 1. The van der Waals surface area contributed by atoms with Gasteiger partial charge in [0.2, 0.25) is 11.8 Å². The Balaban J connectivity index is 1.46. The summed E-state index contributed by atoms with van der Waals surface area (Å²) in [4.78, 5) is 30.4. The van der Waals surface area contributed by atoms with Gasteiger partial charge in [-0.1, -0.05) is 18.2 Å². The van der Waals surface area contributed by atoms with Crippen LogP contribution >= 0.6 is 11.8 Å². The quantitative estimate of drug-likeness (QED) is 0.741. The van der Waals surface area contributed by atoms with Gasteiger partial charge in [0.1, 0.15) is 0 Å². The largest absolute Gasteiger partial charge is 0.378 e. The summed E-state index contributed by atoms with van der Waals surface area (Å²) in [5.41, 5.74) is 0. The molecule has 2 amide bonds. The molecule has 0 bridgehead atoms. The van der Waals surface area contributed by atoms with Crippen LogP contribution < -0.4 is 5.32 Å². The lowest BCUT2D eigenvalue weighted by Crippen LogP contribution is -2.51. The SMILES string of the molecule is CN(CCSc1ccccc1)C(=O)[C@H]1CNC[C@@H](C(=O)N2CCOCC2)C1. The van der Waals surface area contributed by atoms with Crippen molar-refractivity contribution in [1.29, 1.82) is 0 Å². The highest BCUT2D eigenvalue weighted by Gasteiger charge is 2.34. The van der Waals surface area contributed by atoms with Crippen LogP contribution in [-0.4, -0.2) is 80.4 Å². The first-order valence-corrected chi connectivity index (χ1v) is 10.6. The number of rotatable bonds is 6. The molecule has 0 saturated carbocycles. The van der Waals surface area contributed by atoms with Crippen LogP contribution in [0, 0.1) is 11.8 Å². The number of amides is 2. The van der Waals surface area contributed by atoms with Gasteiger partial charge in [-0.25, -0.2) is 0 Å². The predicted molar refractivity (Wildman–Crippen MR) is 107 cm³/mol. The van der Waals surface area contributed by atoms with Crippen molar-refractivity contribution in [1.82, 2.24) is 15.1 Å². The second-order valence-electron chi connectivity index (χ2n) is 7.15. The summed E-state index contributed by atoms with van der Waals surface area (Å²) in [6.45, 7) is 4.55. The average Bonchev–Trinajstić information content (AvgIpc) is 2.74. The highest BCUT2D eigenvalue weighted by molar-refractivity contribution is 7.99. The average molecular weight is 392 g/mol. The zero-order chi connectivity index (χ0) is 19.1. The van der Waals surface area contributed by atoms with E-state index in [1.54, 1.807) is 11.8 Å². The van der Waals surface area contributed by atoms with Crippen LogP contribution in [0.15, 0.2) is 35.2 Å². The normalized spacial score (nSPS) is 23.1. The van der Waals surface area contributed by atoms with Crippen LogP contribution in [0.2, 0.25) is 0 Å². The zero-order valence-electron chi connectivity index (χ0n) is 15.9. The molecule has 6 nitrogen and oxygen atoms in total. The summed E-state index contributed by atoms with van der Waals surface area (Å²) in [6.07, 6.45) is 0.637. The molecule has 0 aliphatic carbocycles. The van der Waals surface area contributed by atoms with Crippen LogP contribution in [0.4, 0.5) is 0 Å². The van der Waals surface area contributed by atoms with E-state index in [1.165, 1.54) is 4.90 Å². The lowest BCUT2D eigenvalue weighted by Gasteiger charge is -2.35. The van der Waals surface area contributed by atoms with E-state index in [-0.39, 0.29) is 23.7 Å². The van der Waals surface area contributed by atoms with Crippen molar-refractivity contribution in [2.24, 2.45) is 11.8 Å². The van der Waals surface area contributed by atoms with Crippen LogP contribution in [0.1, 0.15) is 6.42 Å². The maximum absolute atomic E-state index is 12.8. The number of morpholine rings is 1. The fraction of sp³-hybridized carbons (Fsp3) is 0.600. The van der Waals surface area contributed by atoms with Gasteiger partial charge in [0.25, 0.3) is 0 Å². The Hall–Kier alpha value is -1.57. The number of hydrogen-bond donors (Lipinski definition) is 1. The van der Waals surface area contributed by atoms with Gasteiger partial charge in [-0.15, -0.1) is 11.8 Å². The Labute approximate surface area is 165 Å². The van der Waals surface area contributed by atoms with E-state index < -0.39 is 0 Å². The first-order chi connectivity index (χ1) is 13.1. The molecule has 3 rings (SSSR count). The van der Waals surface area contributed by atoms with Crippen LogP contribution in [0.5, 0.6) is 0 Å². The van der Waals surface area contributed by atoms with Gasteiger partial charge in [0, 0.05) is 50.4 Å². The highest BCUT2D eigenvalue weighted by Crippen LogP contribution is 2.22. The summed E-state index contributed by atoms with van der Waals surface area (Å²) in [7, 11) is 1.86. The maximum Gasteiger partial charge on any atom is 0.227 e. The van der Waals surface area contributed by atoms with E-state index in [0.29, 0.717) is 52.4 Å². The minimum atomic E-state index is -0.125. The number of nitrogens with zero attached hydrogens (tertiary/aromatic N) is 2. The zero-order valence-corrected chi connectivity index (χ0v) is 16.7. The molecule has 0 unspecified atom stereocenters. The van der Waals surface area contributed by atoms with Crippen molar-refractivity contribution in [3.05, 3.63) is 30.3 Å². The van der Waals surface area contributed by atoms with Crippen molar-refractivity contribution >= 4 is 23.6 Å². The molecule has 0 radical (unpaired) electrons. The maximum atomic E-state index is 12.8. The lowest BCUT2D eigenvalue weighted by molar-refractivity contribution is -0.142. The standard InChI is InChI=1S/C20H29N3O3S/c1-22(9-12-27-18-5-3-2-4-6-18)19(24)16-13-17(15-21-14-16)20(25)23-7-10-26-11-8-23/h2-6,16-17,21H,7-15H2,1H3/t16-,17+/m1/s1. The fourth-order valence-corrected chi connectivity index (χ4v) is 4.55. The topological polar surface area (TPSA) is 61.9 Å². The summed E-state index contributed by atoms with van der Waals surface area (Å²) in [5, 5.41) is 3.29.